The lowest BCUT2D eigenvalue weighted by molar-refractivity contribution is -0.139. The molecule has 3 rings (SSSR count). The quantitative estimate of drug-likeness (QED) is 0.680. The highest BCUT2D eigenvalue weighted by atomic mass is 16.5. The van der Waals surface area contributed by atoms with E-state index in [2.05, 4.69) is 28.6 Å². The van der Waals surface area contributed by atoms with Gasteiger partial charge in [0.05, 0.1) is 13.5 Å². The molecule has 1 aliphatic carbocycles. The van der Waals surface area contributed by atoms with Crippen LogP contribution < -0.4 is 5.32 Å². The van der Waals surface area contributed by atoms with Gasteiger partial charge in [0.15, 0.2) is 0 Å². The Hall–Kier alpha value is -2.07. The number of aromatic nitrogens is 1. The van der Waals surface area contributed by atoms with Gasteiger partial charge in [-0.25, -0.2) is 0 Å². The van der Waals surface area contributed by atoms with Gasteiger partial charge in [-0.1, -0.05) is 12.1 Å². The van der Waals surface area contributed by atoms with E-state index >= 15 is 0 Å². The van der Waals surface area contributed by atoms with Gasteiger partial charge in [-0.15, -0.1) is 6.58 Å². The van der Waals surface area contributed by atoms with Crippen molar-refractivity contribution in [1.29, 1.82) is 0 Å². The predicted octanol–water partition coefficient (Wildman–Crippen LogP) is 2.29. The minimum atomic E-state index is -0.175. The molecule has 0 bridgehead atoms. The number of carbonyl (C=O) groups excluding carboxylic acids is 1. The van der Waals surface area contributed by atoms with Crippen LogP contribution in [0.5, 0.6) is 0 Å². The third-order valence-corrected chi connectivity index (χ3v) is 4.45. The van der Waals surface area contributed by atoms with E-state index in [1.165, 1.54) is 18.4 Å². The number of esters is 1. The Morgan fingerprint density at radius 2 is 2.41 bits per heavy atom. The van der Waals surface area contributed by atoms with Crippen LogP contribution in [-0.4, -0.2) is 30.1 Å². The minimum Gasteiger partial charge on any atom is -0.469 e. The van der Waals surface area contributed by atoms with Gasteiger partial charge >= 0.3 is 5.97 Å². The standard InChI is InChI=1S/C18H22N2O2/c1-3-9-19-13-7-8-14-15(12-18(21)22-2)16-6-4-5-10-20(16)17(14)11-13/h3-6,10,13,19H,1,7-9,11-12H2,2H3. The molecule has 0 aromatic carbocycles. The van der Waals surface area contributed by atoms with E-state index in [1.54, 1.807) is 0 Å². The van der Waals surface area contributed by atoms with Crippen LogP contribution in [0.4, 0.5) is 0 Å². The van der Waals surface area contributed by atoms with E-state index in [4.69, 9.17) is 4.74 Å². The molecule has 1 unspecified atom stereocenters. The molecule has 1 aliphatic rings. The highest BCUT2D eigenvalue weighted by Crippen LogP contribution is 2.31. The van der Waals surface area contributed by atoms with Gasteiger partial charge in [0.25, 0.3) is 0 Å². The molecule has 116 valence electrons. The fraction of sp³-hybridized carbons (Fsp3) is 0.389. The van der Waals surface area contributed by atoms with Crippen LogP contribution >= 0.6 is 0 Å². The van der Waals surface area contributed by atoms with Gasteiger partial charge in [-0.2, -0.15) is 0 Å². The van der Waals surface area contributed by atoms with Crippen molar-refractivity contribution < 1.29 is 9.53 Å². The van der Waals surface area contributed by atoms with Gasteiger partial charge in [-0.05, 0) is 36.1 Å². The van der Waals surface area contributed by atoms with Crippen molar-refractivity contribution in [3.05, 3.63) is 53.9 Å². The zero-order chi connectivity index (χ0) is 15.5. The zero-order valence-electron chi connectivity index (χ0n) is 13.0. The number of methoxy groups -OCH3 is 1. The second-order valence-electron chi connectivity index (χ2n) is 5.75. The van der Waals surface area contributed by atoms with Crippen LogP contribution in [0.15, 0.2) is 37.1 Å². The molecule has 2 heterocycles. The topological polar surface area (TPSA) is 42.7 Å². The van der Waals surface area contributed by atoms with Crippen LogP contribution in [0.1, 0.15) is 23.2 Å². The Kier molecular flexibility index (Phi) is 4.29. The molecular formula is C18H22N2O2. The summed E-state index contributed by atoms with van der Waals surface area (Å²) in [4.78, 5) is 11.8. The average Bonchev–Trinajstić information content (AvgIpc) is 2.86. The summed E-state index contributed by atoms with van der Waals surface area (Å²) in [6.45, 7) is 4.60. The molecular weight excluding hydrogens is 276 g/mol. The number of fused-ring (bicyclic) bond motifs is 3. The van der Waals surface area contributed by atoms with Crippen molar-refractivity contribution in [3.8, 4) is 0 Å². The number of nitrogens with one attached hydrogen (secondary N) is 1. The highest BCUT2D eigenvalue weighted by Gasteiger charge is 2.26. The summed E-state index contributed by atoms with van der Waals surface area (Å²) in [7, 11) is 1.45. The third kappa shape index (κ3) is 2.66. The normalized spacial score (nSPS) is 17.2. The van der Waals surface area contributed by atoms with Crippen molar-refractivity contribution >= 4 is 11.5 Å². The van der Waals surface area contributed by atoms with Gasteiger partial charge in [0, 0.05) is 36.4 Å². The summed E-state index contributed by atoms with van der Waals surface area (Å²) in [6.07, 6.45) is 7.41. The van der Waals surface area contributed by atoms with E-state index in [0.717, 1.165) is 36.9 Å². The van der Waals surface area contributed by atoms with Crippen LogP contribution in [0.3, 0.4) is 0 Å². The van der Waals surface area contributed by atoms with Crippen LogP contribution in [0, 0.1) is 0 Å². The molecule has 0 saturated carbocycles. The first-order chi connectivity index (χ1) is 10.7. The number of hydrogen-bond acceptors (Lipinski definition) is 3. The molecule has 4 heteroatoms. The maximum atomic E-state index is 11.8. The Bertz CT molecular complexity index is 702. The molecule has 2 aromatic heterocycles. The maximum absolute atomic E-state index is 11.8. The van der Waals surface area contributed by atoms with Gasteiger partial charge in [-0.3, -0.25) is 4.79 Å². The molecule has 2 aromatic rings. The Balaban J connectivity index is 2.00. The molecule has 4 nitrogen and oxygen atoms in total. The van der Waals surface area contributed by atoms with Gasteiger partial charge < -0.3 is 14.5 Å². The van der Waals surface area contributed by atoms with Crippen molar-refractivity contribution in [2.45, 2.75) is 31.7 Å². The molecule has 0 amide bonds. The zero-order valence-corrected chi connectivity index (χ0v) is 13.0. The van der Waals surface area contributed by atoms with E-state index in [0.29, 0.717) is 12.5 Å². The smallest absolute Gasteiger partial charge is 0.310 e. The number of rotatable bonds is 5. The lowest BCUT2D eigenvalue weighted by Crippen LogP contribution is -2.35. The predicted molar refractivity (Wildman–Crippen MR) is 87.1 cm³/mol. The second-order valence-corrected chi connectivity index (χ2v) is 5.75. The number of ether oxygens (including phenoxy) is 1. The monoisotopic (exact) mass is 298 g/mol. The SMILES string of the molecule is C=CCNC1CCc2c(CC(=O)OC)c3ccccn3c2C1. The van der Waals surface area contributed by atoms with Crippen molar-refractivity contribution in [2.24, 2.45) is 0 Å². The number of hydrogen-bond donors (Lipinski definition) is 1. The molecule has 0 radical (unpaired) electrons. The highest BCUT2D eigenvalue weighted by molar-refractivity contribution is 5.78. The van der Waals surface area contributed by atoms with Crippen molar-refractivity contribution in [2.75, 3.05) is 13.7 Å². The van der Waals surface area contributed by atoms with Crippen LogP contribution in [-0.2, 0) is 28.8 Å². The summed E-state index contributed by atoms with van der Waals surface area (Å²) in [6, 6.07) is 6.61. The van der Waals surface area contributed by atoms with Crippen molar-refractivity contribution in [3.63, 3.8) is 0 Å². The first-order valence-electron chi connectivity index (χ1n) is 7.75. The fourth-order valence-corrected chi connectivity index (χ4v) is 3.41. The molecule has 1 N–H and O–H groups in total. The van der Waals surface area contributed by atoms with Gasteiger partial charge in [0.2, 0.25) is 0 Å². The summed E-state index contributed by atoms with van der Waals surface area (Å²) in [5, 5.41) is 3.52. The number of carbonyl (C=O) groups is 1. The lowest BCUT2D eigenvalue weighted by Gasteiger charge is -2.24. The summed E-state index contributed by atoms with van der Waals surface area (Å²) >= 11 is 0. The number of pyridine rings is 1. The summed E-state index contributed by atoms with van der Waals surface area (Å²) in [5.74, 6) is -0.175. The molecule has 0 saturated heterocycles. The largest absolute Gasteiger partial charge is 0.469 e. The fourth-order valence-electron chi connectivity index (χ4n) is 3.41. The molecule has 0 aliphatic heterocycles. The molecule has 0 fully saturated rings. The Morgan fingerprint density at radius 1 is 1.55 bits per heavy atom. The summed E-state index contributed by atoms with van der Waals surface area (Å²) < 4.78 is 7.10. The third-order valence-electron chi connectivity index (χ3n) is 4.45. The first kappa shape index (κ1) is 14.9. The first-order valence-corrected chi connectivity index (χ1v) is 7.75. The maximum Gasteiger partial charge on any atom is 0.310 e. The second kappa shape index (κ2) is 6.36. The summed E-state index contributed by atoms with van der Waals surface area (Å²) in [5.41, 5.74) is 4.91. The minimum absolute atomic E-state index is 0.175. The number of nitrogens with zero attached hydrogens (tertiary/aromatic N) is 1. The van der Waals surface area contributed by atoms with E-state index in [-0.39, 0.29) is 5.97 Å². The van der Waals surface area contributed by atoms with E-state index in [9.17, 15) is 4.79 Å². The lowest BCUT2D eigenvalue weighted by atomic mass is 9.90. The van der Waals surface area contributed by atoms with Gasteiger partial charge in [0.1, 0.15) is 0 Å². The van der Waals surface area contributed by atoms with Crippen molar-refractivity contribution in [1.82, 2.24) is 9.72 Å². The molecule has 1 atom stereocenters. The molecule has 0 spiro atoms. The van der Waals surface area contributed by atoms with Crippen LogP contribution in [0.2, 0.25) is 0 Å². The van der Waals surface area contributed by atoms with Crippen LogP contribution in [0.25, 0.3) is 5.52 Å². The van der Waals surface area contributed by atoms with E-state index < -0.39 is 0 Å². The van der Waals surface area contributed by atoms with E-state index in [1.807, 2.05) is 18.2 Å². The Labute approximate surface area is 130 Å². The Morgan fingerprint density at radius 3 is 3.18 bits per heavy atom. The average molecular weight is 298 g/mol. The molecule has 22 heavy (non-hydrogen) atoms.